The van der Waals surface area contributed by atoms with E-state index in [2.05, 4.69) is 5.32 Å². The lowest BCUT2D eigenvalue weighted by Crippen LogP contribution is -2.44. The molecule has 0 saturated heterocycles. The van der Waals surface area contributed by atoms with Gasteiger partial charge >= 0.3 is 5.97 Å². The van der Waals surface area contributed by atoms with E-state index in [0.29, 0.717) is 5.75 Å². The molecule has 21 heavy (non-hydrogen) atoms. The van der Waals surface area contributed by atoms with Gasteiger partial charge in [0, 0.05) is 5.75 Å². The van der Waals surface area contributed by atoms with Crippen molar-refractivity contribution in [2.45, 2.75) is 25.1 Å². The van der Waals surface area contributed by atoms with Crippen LogP contribution in [0, 0.1) is 6.92 Å². The van der Waals surface area contributed by atoms with E-state index in [0.717, 1.165) is 11.1 Å². The van der Waals surface area contributed by atoms with Gasteiger partial charge in [-0.2, -0.15) is 0 Å². The molecule has 114 valence electrons. The zero-order chi connectivity index (χ0) is 15.8. The molecule has 7 heteroatoms. The summed E-state index contributed by atoms with van der Waals surface area (Å²) in [6, 6.07) is 6.67. The summed E-state index contributed by atoms with van der Waals surface area (Å²) in [6.45, 7) is 2.00. The monoisotopic (exact) mass is 310 g/mol. The summed E-state index contributed by atoms with van der Waals surface area (Å²) in [6.07, 6.45) is -0.413. The van der Waals surface area contributed by atoms with Gasteiger partial charge in [0.25, 0.3) is 0 Å². The quantitative estimate of drug-likeness (QED) is 0.654. The molecule has 4 N–H and O–H groups in total. The minimum absolute atomic E-state index is 0.121. The smallest absolute Gasteiger partial charge is 0.326 e. The van der Waals surface area contributed by atoms with Crippen LogP contribution in [0.15, 0.2) is 24.3 Å². The van der Waals surface area contributed by atoms with Gasteiger partial charge in [0.1, 0.15) is 6.04 Å². The van der Waals surface area contributed by atoms with Crippen LogP contribution >= 0.6 is 11.8 Å². The zero-order valence-corrected chi connectivity index (χ0v) is 12.5. The third-order valence-corrected chi connectivity index (χ3v) is 3.66. The molecule has 0 aromatic heterocycles. The number of hydrogen-bond donors (Lipinski definition) is 3. The zero-order valence-electron chi connectivity index (χ0n) is 11.7. The fraction of sp³-hybridized carbons (Fsp3) is 0.357. The Kier molecular flexibility index (Phi) is 6.74. The molecule has 0 aliphatic rings. The lowest BCUT2D eigenvalue weighted by Gasteiger charge is -2.12. The minimum atomic E-state index is -1.27. The molecule has 6 nitrogen and oxygen atoms in total. The van der Waals surface area contributed by atoms with Crippen molar-refractivity contribution < 1.29 is 19.5 Å². The number of carbonyl (C=O) groups is 3. The summed E-state index contributed by atoms with van der Waals surface area (Å²) in [5.74, 6) is -1.70. The fourth-order valence-corrected chi connectivity index (χ4v) is 2.38. The number of aryl methyl sites for hydroxylation is 1. The highest BCUT2D eigenvalue weighted by Crippen LogP contribution is 2.12. The first-order valence-electron chi connectivity index (χ1n) is 6.32. The first-order chi connectivity index (χ1) is 9.88. The summed E-state index contributed by atoms with van der Waals surface area (Å²) in [7, 11) is 0. The third kappa shape index (κ3) is 6.80. The molecule has 0 aliphatic carbocycles. The van der Waals surface area contributed by atoms with Crippen LogP contribution in [0.1, 0.15) is 17.5 Å². The molecule has 1 rings (SSSR count). The number of carbonyl (C=O) groups excluding carboxylic acids is 2. The van der Waals surface area contributed by atoms with Gasteiger partial charge in [-0.3, -0.25) is 9.59 Å². The van der Waals surface area contributed by atoms with E-state index in [1.54, 1.807) is 0 Å². The van der Waals surface area contributed by atoms with Crippen molar-refractivity contribution in [1.82, 2.24) is 5.32 Å². The molecule has 0 saturated carbocycles. The Morgan fingerprint density at radius 2 is 1.90 bits per heavy atom. The largest absolute Gasteiger partial charge is 0.480 e. The highest BCUT2D eigenvalue weighted by molar-refractivity contribution is 7.99. The number of thioether (sulfide) groups is 1. The average Bonchev–Trinajstić information content (AvgIpc) is 2.39. The first kappa shape index (κ1) is 17.0. The number of primary amides is 1. The number of amides is 2. The summed E-state index contributed by atoms with van der Waals surface area (Å²) < 4.78 is 0. The van der Waals surface area contributed by atoms with Crippen LogP contribution in [-0.4, -0.2) is 34.7 Å². The van der Waals surface area contributed by atoms with Crippen molar-refractivity contribution in [2.24, 2.45) is 5.73 Å². The number of carboxylic acid groups (broad SMARTS) is 1. The molecule has 0 aliphatic heterocycles. The number of rotatable bonds is 8. The van der Waals surface area contributed by atoms with Gasteiger partial charge in [-0.05, 0) is 12.5 Å². The van der Waals surface area contributed by atoms with Crippen molar-refractivity contribution in [3.05, 3.63) is 35.4 Å². The molecule has 1 aromatic carbocycles. The van der Waals surface area contributed by atoms with E-state index >= 15 is 0 Å². The lowest BCUT2D eigenvalue weighted by atomic mass is 10.2. The van der Waals surface area contributed by atoms with E-state index < -0.39 is 30.2 Å². The van der Waals surface area contributed by atoms with Crippen molar-refractivity contribution in [3.63, 3.8) is 0 Å². The Bertz CT molecular complexity index is 516. The van der Waals surface area contributed by atoms with Crippen molar-refractivity contribution in [3.8, 4) is 0 Å². The second-order valence-corrected chi connectivity index (χ2v) is 5.59. The van der Waals surface area contributed by atoms with Crippen LogP contribution < -0.4 is 11.1 Å². The maximum atomic E-state index is 11.6. The second-order valence-electron chi connectivity index (χ2n) is 4.61. The molecule has 0 fully saturated rings. The molecule has 0 unspecified atom stereocenters. The first-order valence-corrected chi connectivity index (χ1v) is 7.47. The van der Waals surface area contributed by atoms with Gasteiger partial charge in [-0.25, -0.2) is 4.79 Å². The van der Waals surface area contributed by atoms with E-state index in [9.17, 15) is 14.4 Å². The molecule has 2 amide bonds. The van der Waals surface area contributed by atoms with Gasteiger partial charge < -0.3 is 16.2 Å². The summed E-state index contributed by atoms with van der Waals surface area (Å²) >= 11 is 1.37. The lowest BCUT2D eigenvalue weighted by molar-refractivity contribution is -0.143. The van der Waals surface area contributed by atoms with Gasteiger partial charge in [0.2, 0.25) is 11.8 Å². The summed E-state index contributed by atoms with van der Waals surface area (Å²) in [4.78, 5) is 33.2. The number of carboxylic acids is 1. The molecule has 0 bridgehead atoms. The molecule has 1 aromatic rings. The maximum Gasteiger partial charge on any atom is 0.326 e. The number of benzene rings is 1. The van der Waals surface area contributed by atoms with Gasteiger partial charge in [0.05, 0.1) is 12.2 Å². The molecule has 0 heterocycles. The fourth-order valence-electron chi connectivity index (χ4n) is 1.58. The Hall–Kier alpha value is -2.02. The van der Waals surface area contributed by atoms with Crippen LogP contribution in [0.25, 0.3) is 0 Å². The predicted molar refractivity (Wildman–Crippen MR) is 80.7 cm³/mol. The number of hydrogen-bond acceptors (Lipinski definition) is 4. The minimum Gasteiger partial charge on any atom is -0.480 e. The normalized spacial score (nSPS) is 11.7. The number of nitrogens with one attached hydrogen (secondary N) is 1. The Morgan fingerprint density at radius 1 is 1.29 bits per heavy atom. The van der Waals surface area contributed by atoms with Crippen molar-refractivity contribution in [1.29, 1.82) is 0 Å². The van der Waals surface area contributed by atoms with Crippen LogP contribution in [0.4, 0.5) is 0 Å². The van der Waals surface area contributed by atoms with Crippen molar-refractivity contribution >= 4 is 29.5 Å². The van der Waals surface area contributed by atoms with E-state index in [1.165, 1.54) is 11.8 Å². The summed E-state index contributed by atoms with van der Waals surface area (Å²) in [5, 5.41) is 11.2. The Morgan fingerprint density at radius 3 is 2.43 bits per heavy atom. The Balaban J connectivity index is 2.37. The second kappa shape index (κ2) is 8.31. The predicted octanol–water partition coefficient (Wildman–Crippen LogP) is 0.673. The highest BCUT2D eigenvalue weighted by atomic mass is 32.2. The topological polar surface area (TPSA) is 109 Å². The van der Waals surface area contributed by atoms with Gasteiger partial charge in [-0.15, -0.1) is 11.8 Å². The SMILES string of the molecule is Cc1ccc(CSCC(=O)N[C@H](CC(N)=O)C(=O)O)cc1. The van der Waals surface area contributed by atoms with Crippen molar-refractivity contribution in [2.75, 3.05) is 5.75 Å². The average molecular weight is 310 g/mol. The number of nitrogens with two attached hydrogens (primary N) is 1. The van der Waals surface area contributed by atoms with Gasteiger partial charge in [-0.1, -0.05) is 29.8 Å². The highest BCUT2D eigenvalue weighted by Gasteiger charge is 2.21. The molecule has 1 atom stereocenters. The molecular formula is C14H18N2O4S. The Labute approximate surface area is 127 Å². The molecule has 0 spiro atoms. The summed E-state index contributed by atoms with van der Waals surface area (Å²) in [5.41, 5.74) is 7.19. The van der Waals surface area contributed by atoms with Crippen LogP contribution in [-0.2, 0) is 20.1 Å². The van der Waals surface area contributed by atoms with Gasteiger partial charge in [0.15, 0.2) is 0 Å². The third-order valence-electron chi connectivity index (χ3n) is 2.66. The molecular weight excluding hydrogens is 292 g/mol. The maximum absolute atomic E-state index is 11.6. The van der Waals surface area contributed by atoms with E-state index in [-0.39, 0.29) is 5.75 Å². The van der Waals surface area contributed by atoms with Crippen LogP contribution in [0.2, 0.25) is 0 Å². The standard InChI is InChI=1S/C14H18N2O4S/c1-9-2-4-10(5-3-9)7-21-8-13(18)16-11(14(19)20)6-12(15)17/h2-5,11H,6-8H2,1H3,(H2,15,17)(H,16,18)(H,19,20)/t11-/m1/s1. The van der Waals surface area contributed by atoms with E-state index in [1.807, 2.05) is 31.2 Å². The van der Waals surface area contributed by atoms with Crippen LogP contribution in [0.5, 0.6) is 0 Å². The van der Waals surface area contributed by atoms with Crippen LogP contribution in [0.3, 0.4) is 0 Å². The molecule has 0 radical (unpaired) electrons. The van der Waals surface area contributed by atoms with E-state index in [4.69, 9.17) is 10.8 Å². The number of aliphatic carboxylic acids is 1.